The third kappa shape index (κ3) is 4.99. The van der Waals surface area contributed by atoms with Crippen molar-refractivity contribution >= 4 is 33.2 Å². The summed E-state index contributed by atoms with van der Waals surface area (Å²) in [5, 5.41) is 2.68. The summed E-state index contributed by atoms with van der Waals surface area (Å²) in [4.78, 5) is 23.7. The van der Waals surface area contributed by atoms with Crippen molar-refractivity contribution in [2.24, 2.45) is 5.73 Å². The molecule has 3 aromatic carbocycles. The predicted octanol–water partition coefficient (Wildman–Crippen LogP) is 3.15. The Kier molecular flexibility index (Phi) is 5.65. The lowest BCUT2D eigenvalue weighted by atomic mass is 10.1. The van der Waals surface area contributed by atoms with Crippen LogP contribution in [0.1, 0.15) is 26.3 Å². The average molecular weight is 409 g/mol. The van der Waals surface area contributed by atoms with Crippen molar-refractivity contribution in [2.75, 3.05) is 10.0 Å². The van der Waals surface area contributed by atoms with E-state index in [-0.39, 0.29) is 16.1 Å². The summed E-state index contributed by atoms with van der Waals surface area (Å²) < 4.78 is 27.5. The monoisotopic (exact) mass is 409 g/mol. The summed E-state index contributed by atoms with van der Waals surface area (Å²) >= 11 is 0. The number of carbonyl (C=O) groups excluding carboxylic acids is 2. The highest BCUT2D eigenvalue weighted by Crippen LogP contribution is 2.19. The maximum atomic E-state index is 12.5. The molecule has 0 spiro atoms. The van der Waals surface area contributed by atoms with Gasteiger partial charge in [0.2, 0.25) is 5.91 Å². The van der Waals surface area contributed by atoms with Gasteiger partial charge >= 0.3 is 0 Å². The first kappa shape index (κ1) is 20.1. The van der Waals surface area contributed by atoms with Crippen LogP contribution >= 0.6 is 0 Å². The van der Waals surface area contributed by atoms with Gasteiger partial charge in [-0.3, -0.25) is 14.3 Å². The molecule has 0 radical (unpaired) electrons. The van der Waals surface area contributed by atoms with Crippen LogP contribution in [0, 0.1) is 6.92 Å². The van der Waals surface area contributed by atoms with E-state index in [4.69, 9.17) is 5.73 Å². The third-order valence-corrected chi connectivity index (χ3v) is 5.53. The van der Waals surface area contributed by atoms with E-state index >= 15 is 0 Å². The summed E-state index contributed by atoms with van der Waals surface area (Å²) in [6.45, 7) is 1.87. The van der Waals surface area contributed by atoms with Gasteiger partial charge in [0.05, 0.1) is 4.90 Å². The van der Waals surface area contributed by atoms with Gasteiger partial charge in [-0.2, -0.15) is 0 Å². The molecular formula is C21H19N3O4S. The van der Waals surface area contributed by atoms with Crippen molar-refractivity contribution in [3.8, 4) is 0 Å². The van der Waals surface area contributed by atoms with Crippen molar-refractivity contribution in [1.29, 1.82) is 0 Å². The predicted molar refractivity (Wildman–Crippen MR) is 111 cm³/mol. The number of anilines is 2. The molecule has 0 saturated carbocycles. The van der Waals surface area contributed by atoms with Crippen LogP contribution in [0.5, 0.6) is 0 Å². The Morgan fingerprint density at radius 1 is 0.828 bits per heavy atom. The van der Waals surface area contributed by atoms with Crippen LogP contribution in [-0.2, 0) is 10.0 Å². The molecular weight excluding hydrogens is 390 g/mol. The Balaban J connectivity index is 1.75. The van der Waals surface area contributed by atoms with Crippen LogP contribution in [0.3, 0.4) is 0 Å². The van der Waals surface area contributed by atoms with Crippen LogP contribution < -0.4 is 15.8 Å². The molecule has 0 unspecified atom stereocenters. The van der Waals surface area contributed by atoms with Crippen molar-refractivity contribution in [3.63, 3.8) is 0 Å². The van der Waals surface area contributed by atoms with Crippen molar-refractivity contribution in [1.82, 2.24) is 0 Å². The van der Waals surface area contributed by atoms with Gasteiger partial charge in [-0.15, -0.1) is 0 Å². The SMILES string of the molecule is Cc1ccc(S(=O)(=O)Nc2cccc(C(=O)Nc3ccc(C(N)=O)cc3)c2)cc1. The minimum atomic E-state index is -3.77. The average Bonchev–Trinajstić information content (AvgIpc) is 2.68. The molecule has 0 aliphatic heterocycles. The first-order chi connectivity index (χ1) is 13.7. The number of hydrogen-bond acceptors (Lipinski definition) is 4. The Morgan fingerprint density at radius 3 is 2.10 bits per heavy atom. The lowest BCUT2D eigenvalue weighted by molar-refractivity contribution is 0.0998. The molecule has 0 saturated heterocycles. The maximum Gasteiger partial charge on any atom is 0.261 e. The molecule has 4 N–H and O–H groups in total. The highest BCUT2D eigenvalue weighted by Gasteiger charge is 2.15. The van der Waals surface area contributed by atoms with Crippen LogP contribution in [0.4, 0.5) is 11.4 Å². The first-order valence-electron chi connectivity index (χ1n) is 8.65. The molecule has 8 heteroatoms. The van der Waals surface area contributed by atoms with Crippen LogP contribution in [0.2, 0.25) is 0 Å². The molecule has 0 aromatic heterocycles. The molecule has 0 aliphatic rings. The van der Waals surface area contributed by atoms with Crippen LogP contribution in [0.15, 0.2) is 77.7 Å². The molecule has 0 atom stereocenters. The zero-order valence-electron chi connectivity index (χ0n) is 15.5. The van der Waals surface area contributed by atoms with E-state index in [1.807, 2.05) is 6.92 Å². The normalized spacial score (nSPS) is 10.9. The lowest BCUT2D eigenvalue weighted by Crippen LogP contribution is -2.15. The van der Waals surface area contributed by atoms with Gasteiger partial charge in [0, 0.05) is 22.5 Å². The maximum absolute atomic E-state index is 12.5. The number of carbonyl (C=O) groups is 2. The first-order valence-corrected chi connectivity index (χ1v) is 10.1. The molecule has 2 amide bonds. The minimum Gasteiger partial charge on any atom is -0.366 e. The van der Waals surface area contributed by atoms with Crippen LogP contribution in [-0.4, -0.2) is 20.2 Å². The summed E-state index contributed by atoms with van der Waals surface area (Å²) in [6.07, 6.45) is 0. The number of sulfonamides is 1. The highest BCUT2D eigenvalue weighted by atomic mass is 32.2. The Morgan fingerprint density at radius 2 is 1.48 bits per heavy atom. The molecule has 0 fully saturated rings. The van der Waals surface area contributed by atoms with E-state index in [2.05, 4.69) is 10.0 Å². The van der Waals surface area contributed by atoms with Crippen molar-refractivity contribution in [2.45, 2.75) is 11.8 Å². The second-order valence-corrected chi connectivity index (χ2v) is 8.08. The summed E-state index contributed by atoms with van der Waals surface area (Å²) in [7, 11) is -3.77. The molecule has 148 valence electrons. The Bertz CT molecular complexity index is 1160. The van der Waals surface area contributed by atoms with Gasteiger partial charge in [-0.05, 0) is 61.5 Å². The number of nitrogens with one attached hydrogen (secondary N) is 2. The number of primary amides is 1. The number of benzene rings is 3. The molecule has 0 heterocycles. The van der Waals surface area contributed by atoms with E-state index < -0.39 is 21.8 Å². The fourth-order valence-corrected chi connectivity index (χ4v) is 3.63. The second kappa shape index (κ2) is 8.15. The summed E-state index contributed by atoms with van der Waals surface area (Å²) in [5.74, 6) is -0.982. The molecule has 0 bridgehead atoms. The number of hydrogen-bond donors (Lipinski definition) is 3. The zero-order chi connectivity index (χ0) is 21.0. The fraction of sp³-hybridized carbons (Fsp3) is 0.0476. The summed E-state index contributed by atoms with van der Waals surface area (Å²) in [6, 6.07) is 18.7. The zero-order valence-corrected chi connectivity index (χ0v) is 16.4. The number of aryl methyl sites for hydroxylation is 1. The molecule has 3 aromatic rings. The Hall–Kier alpha value is -3.65. The molecule has 7 nitrogen and oxygen atoms in total. The number of nitrogens with two attached hydrogens (primary N) is 1. The smallest absolute Gasteiger partial charge is 0.261 e. The minimum absolute atomic E-state index is 0.132. The van der Waals surface area contributed by atoms with E-state index in [0.717, 1.165) is 5.56 Å². The number of rotatable bonds is 6. The van der Waals surface area contributed by atoms with E-state index in [1.165, 1.54) is 30.3 Å². The largest absolute Gasteiger partial charge is 0.366 e. The van der Waals surface area contributed by atoms with Crippen molar-refractivity contribution in [3.05, 3.63) is 89.5 Å². The van der Waals surface area contributed by atoms with Gasteiger partial charge < -0.3 is 11.1 Å². The third-order valence-electron chi connectivity index (χ3n) is 4.14. The fourth-order valence-electron chi connectivity index (χ4n) is 2.58. The van der Waals surface area contributed by atoms with E-state index in [1.54, 1.807) is 42.5 Å². The van der Waals surface area contributed by atoms with Gasteiger partial charge in [0.25, 0.3) is 15.9 Å². The van der Waals surface area contributed by atoms with Crippen LogP contribution in [0.25, 0.3) is 0 Å². The highest BCUT2D eigenvalue weighted by molar-refractivity contribution is 7.92. The van der Waals surface area contributed by atoms with Crippen molar-refractivity contribution < 1.29 is 18.0 Å². The summed E-state index contributed by atoms with van der Waals surface area (Å²) in [5.41, 5.74) is 7.48. The lowest BCUT2D eigenvalue weighted by Gasteiger charge is -2.10. The molecule has 0 aliphatic carbocycles. The van der Waals surface area contributed by atoms with Gasteiger partial charge in [0.1, 0.15) is 0 Å². The topological polar surface area (TPSA) is 118 Å². The van der Waals surface area contributed by atoms with E-state index in [0.29, 0.717) is 11.3 Å². The number of amides is 2. The van der Waals surface area contributed by atoms with Gasteiger partial charge in [-0.1, -0.05) is 23.8 Å². The quantitative estimate of drug-likeness (QED) is 0.579. The molecule has 3 rings (SSSR count). The van der Waals surface area contributed by atoms with E-state index in [9.17, 15) is 18.0 Å². The second-order valence-electron chi connectivity index (χ2n) is 6.40. The van der Waals surface area contributed by atoms with Gasteiger partial charge in [-0.25, -0.2) is 8.42 Å². The standard InChI is InChI=1S/C21H19N3O4S/c1-14-5-11-19(12-6-14)29(27,28)24-18-4-2-3-16(13-18)21(26)23-17-9-7-15(8-10-17)20(22)25/h2-13,24H,1H3,(H2,22,25)(H,23,26). The molecule has 29 heavy (non-hydrogen) atoms. The van der Waals surface area contributed by atoms with Gasteiger partial charge in [0.15, 0.2) is 0 Å². The Labute approximate surface area is 168 Å².